The van der Waals surface area contributed by atoms with Crippen molar-refractivity contribution in [3.05, 3.63) is 0 Å². The van der Waals surface area contributed by atoms with E-state index in [1.165, 1.54) is 0 Å². The Labute approximate surface area is 80.1 Å². The molecule has 0 radical (unpaired) electrons. The standard InChI is InChI=1S/C6H13NO2.Mg.2H/c1-4(2)3-5(7)6(8)9;;;/h4-5H,3,7H2,1-2H3,(H,8,9);;;/q;+2;2*-1. The maximum atomic E-state index is 10.1. The van der Waals surface area contributed by atoms with Crippen molar-refractivity contribution >= 4 is 29.0 Å². The number of hydrogen-bond donors (Lipinski definition) is 2. The van der Waals surface area contributed by atoms with Crippen LogP contribution in [-0.4, -0.2) is 40.2 Å². The second kappa shape index (κ2) is 5.94. The van der Waals surface area contributed by atoms with E-state index in [-0.39, 0.29) is 25.9 Å². The van der Waals surface area contributed by atoms with Gasteiger partial charge in [0.25, 0.3) is 0 Å². The first-order chi connectivity index (χ1) is 4.04. The van der Waals surface area contributed by atoms with Crippen LogP contribution in [0.1, 0.15) is 23.1 Å². The summed E-state index contributed by atoms with van der Waals surface area (Å²) in [6.45, 7) is 3.89. The topological polar surface area (TPSA) is 63.3 Å². The Hall–Kier alpha value is 0.196. The molecule has 0 bridgehead atoms. The zero-order chi connectivity index (χ0) is 7.44. The van der Waals surface area contributed by atoms with E-state index in [4.69, 9.17) is 10.8 Å². The van der Waals surface area contributed by atoms with E-state index in [1.54, 1.807) is 0 Å². The van der Waals surface area contributed by atoms with Gasteiger partial charge in [0.1, 0.15) is 6.04 Å². The second-order valence-corrected chi connectivity index (χ2v) is 2.57. The molecule has 0 aromatic carbocycles. The van der Waals surface area contributed by atoms with Crippen molar-refractivity contribution in [3.8, 4) is 0 Å². The van der Waals surface area contributed by atoms with Crippen LogP contribution in [0.5, 0.6) is 0 Å². The largest absolute Gasteiger partial charge is 2.00 e. The molecule has 0 amide bonds. The van der Waals surface area contributed by atoms with E-state index >= 15 is 0 Å². The Bertz CT molecular complexity index is 114. The van der Waals surface area contributed by atoms with Crippen molar-refractivity contribution in [2.24, 2.45) is 11.7 Å². The minimum absolute atomic E-state index is 0. The van der Waals surface area contributed by atoms with E-state index < -0.39 is 12.0 Å². The van der Waals surface area contributed by atoms with Gasteiger partial charge in [-0.25, -0.2) is 0 Å². The molecule has 0 spiro atoms. The monoisotopic (exact) mass is 157 g/mol. The molecule has 0 rings (SSSR count). The second-order valence-electron chi connectivity index (χ2n) is 2.57. The number of hydrogen-bond acceptors (Lipinski definition) is 2. The third-order valence-electron chi connectivity index (χ3n) is 1.04. The predicted molar refractivity (Wildman–Crippen MR) is 43.0 cm³/mol. The van der Waals surface area contributed by atoms with Crippen molar-refractivity contribution in [1.82, 2.24) is 0 Å². The molecule has 0 aliphatic heterocycles. The van der Waals surface area contributed by atoms with Crippen LogP contribution in [0.4, 0.5) is 0 Å². The van der Waals surface area contributed by atoms with Crippen LogP contribution in [0.3, 0.4) is 0 Å². The summed E-state index contributed by atoms with van der Waals surface area (Å²) in [5.41, 5.74) is 5.22. The molecule has 58 valence electrons. The Morgan fingerprint density at radius 3 is 2.20 bits per heavy atom. The maximum Gasteiger partial charge on any atom is 2.00 e. The Morgan fingerprint density at radius 2 is 2.10 bits per heavy atom. The van der Waals surface area contributed by atoms with Gasteiger partial charge in [-0.15, -0.1) is 0 Å². The molecular weight excluding hydrogens is 142 g/mol. The fraction of sp³-hybridized carbons (Fsp3) is 0.833. The van der Waals surface area contributed by atoms with Crippen LogP contribution in [0.15, 0.2) is 0 Å². The van der Waals surface area contributed by atoms with Gasteiger partial charge in [-0.3, -0.25) is 4.79 Å². The van der Waals surface area contributed by atoms with Crippen molar-refractivity contribution in [3.63, 3.8) is 0 Å². The first kappa shape index (κ1) is 12.8. The number of nitrogens with two attached hydrogens (primary N) is 1. The normalized spacial score (nSPS) is 12.4. The summed E-state index contributed by atoms with van der Waals surface area (Å²) in [4.78, 5) is 10.1. The molecule has 0 aromatic rings. The predicted octanol–water partition coefficient (Wildman–Crippen LogP) is 0.289. The molecule has 0 aliphatic carbocycles. The number of carboxylic acids is 1. The molecule has 0 fully saturated rings. The summed E-state index contributed by atoms with van der Waals surface area (Å²) >= 11 is 0. The zero-order valence-electron chi connectivity index (χ0n) is 8.50. The van der Waals surface area contributed by atoms with Gasteiger partial charge in [0.05, 0.1) is 0 Å². The van der Waals surface area contributed by atoms with Crippen LogP contribution in [0, 0.1) is 5.92 Å². The average molecular weight is 157 g/mol. The Morgan fingerprint density at radius 1 is 1.70 bits per heavy atom. The van der Waals surface area contributed by atoms with Gasteiger partial charge in [-0.1, -0.05) is 13.8 Å². The van der Waals surface area contributed by atoms with Crippen LogP contribution in [-0.2, 0) is 4.79 Å². The minimum atomic E-state index is -0.913. The number of rotatable bonds is 3. The van der Waals surface area contributed by atoms with Gasteiger partial charge >= 0.3 is 29.0 Å². The number of carboxylic acid groups (broad SMARTS) is 1. The molecule has 1 atom stereocenters. The first-order valence-corrected chi connectivity index (χ1v) is 3.02. The molecule has 0 heterocycles. The molecule has 0 aliphatic rings. The molecule has 0 saturated heterocycles. The van der Waals surface area contributed by atoms with Crippen LogP contribution >= 0.6 is 0 Å². The molecule has 1 unspecified atom stereocenters. The Kier molecular flexibility index (Phi) is 7.63. The third-order valence-corrected chi connectivity index (χ3v) is 1.04. The van der Waals surface area contributed by atoms with Crippen LogP contribution < -0.4 is 5.73 Å². The van der Waals surface area contributed by atoms with Gasteiger partial charge in [-0.05, 0) is 12.3 Å². The van der Waals surface area contributed by atoms with E-state index in [9.17, 15) is 4.79 Å². The fourth-order valence-electron chi connectivity index (χ4n) is 0.609. The zero-order valence-corrected chi connectivity index (χ0v) is 7.92. The smallest absolute Gasteiger partial charge is 1.00 e. The van der Waals surface area contributed by atoms with E-state index in [0.717, 1.165) is 0 Å². The summed E-state index contributed by atoms with van der Waals surface area (Å²) in [5.74, 6) is -0.556. The van der Waals surface area contributed by atoms with Gasteiger partial charge < -0.3 is 13.7 Å². The van der Waals surface area contributed by atoms with Crippen molar-refractivity contribution in [1.29, 1.82) is 0 Å². The van der Waals surface area contributed by atoms with Gasteiger partial charge in [0, 0.05) is 0 Å². The average Bonchev–Trinajstić information content (AvgIpc) is 1.63. The molecule has 0 saturated carbocycles. The van der Waals surface area contributed by atoms with E-state index in [1.807, 2.05) is 13.8 Å². The summed E-state index contributed by atoms with van der Waals surface area (Å²) in [6, 6.07) is -0.690. The molecule has 0 aromatic heterocycles. The van der Waals surface area contributed by atoms with Crippen LogP contribution in [0.25, 0.3) is 0 Å². The quantitative estimate of drug-likeness (QED) is 0.579. The minimum Gasteiger partial charge on any atom is -1.00 e. The van der Waals surface area contributed by atoms with Crippen molar-refractivity contribution in [2.45, 2.75) is 26.3 Å². The molecular formula is C6H15MgNO2. The van der Waals surface area contributed by atoms with Gasteiger partial charge in [-0.2, -0.15) is 0 Å². The fourth-order valence-corrected chi connectivity index (χ4v) is 0.609. The first-order valence-electron chi connectivity index (χ1n) is 3.02. The Balaban J connectivity index is -0.000000107. The number of aliphatic carboxylic acids is 1. The van der Waals surface area contributed by atoms with E-state index in [2.05, 4.69) is 0 Å². The third kappa shape index (κ3) is 6.32. The van der Waals surface area contributed by atoms with Crippen molar-refractivity contribution < 1.29 is 12.8 Å². The van der Waals surface area contributed by atoms with Gasteiger partial charge in [0.15, 0.2) is 0 Å². The summed E-state index contributed by atoms with van der Waals surface area (Å²) in [7, 11) is 0. The molecule has 4 heteroatoms. The summed E-state index contributed by atoms with van der Waals surface area (Å²) in [6.07, 6.45) is 0.551. The maximum absolute atomic E-state index is 10.1. The molecule has 10 heavy (non-hydrogen) atoms. The SMILES string of the molecule is CC(C)CC(N)C(=O)O.[H-].[H-].[Mg+2]. The van der Waals surface area contributed by atoms with Crippen LogP contribution in [0.2, 0.25) is 0 Å². The van der Waals surface area contributed by atoms with Crippen molar-refractivity contribution in [2.75, 3.05) is 0 Å². The van der Waals surface area contributed by atoms with Gasteiger partial charge in [0.2, 0.25) is 0 Å². The summed E-state index contributed by atoms with van der Waals surface area (Å²) < 4.78 is 0. The van der Waals surface area contributed by atoms with E-state index in [0.29, 0.717) is 12.3 Å². The summed E-state index contributed by atoms with van der Waals surface area (Å²) in [5, 5.41) is 8.31. The number of carbonyl (C=O) groups is 1. The molecule has 3 N–H and O–H groups in total. The molecule has 3 nitrogen and oxygen atoms in total.